The Hall–Kier alpha value is -0.820. The van der Waals surface area contributed by atoms with E-state index in [1.165, 1.54) is 24.0 Å². The minimum atomic E-state index is 0.254. The molecule has 1 N–H and O–H groups in total. The number of hydrogen-bond donors (Lipinski definition) is 1. The lowest BCUT2D eigenvalue weighted by atomic mass is 9.85. The molecule has 1 rings (SSSR count). The third kappa shape index (κ3) is 3.35. The van der Waals surface area contributed by atoms with E-state index in [0.717, 1.165) is 0 Å². The van der Waals surface area contributed by atoms with E-state index < -0.39 is 0 Å². The summed E-state index contributed by atoms with van der Waals surface area (Å²) in [5, 5.41) is 9.45. The van der Waals surface area contributed by atoms with E-state index >= 15 is 0 Å². The molecule has 2 atom stereocenters. The fourth-order valence-corrected chi connectivity index (χ4v) is 2.08. The molecule has 0 aliphatic rings. The van der Waals surface area contributed by atoms with Gasteiger partial charge in [-0.2, -0.15) is 0 Å². The Balaban J connectivity index is 2.77. The zero-order valence-electron chi connectivity index (χ0n) is 10.0. The minimum absolute atomic E-state index is 0.254. The summed E-state index contributed by atoms with van der Waals surface area (Å²) in [7, 11) is 0. The molecular weight excluding hydrogens is 184 g/mol. The molecule has 0 aliphatic carbocycles. The van der Waals surface area contributed by atoms with Gasteiger partial charge in [-0.25, -0.2) is 0 Å². The van der Waals surface area contributed by atoms with Crippen molar-refractivity contribution in [1.29, 1.82) is 0 Å². The van der Waals surface area contributed by atoms with E-state index in [1.54, 1.807) is 0 Å². The second kappa shape index (κ2) is 5.92. The number of hydrogen-bond acceptors (Lipinski definition) is 1. The van der Waals surface area contributed by atoms with Gasteiger partial charge in [0.2, 0.25) is 0 Å². The van der Waals surface area contributed by atoms with Crippen LogP contribution in [0.3, 0.4) is 0 Å². The lowest BCUT2D eigenvalue weighted by molar-refractivity contribution is 0.226. The van der Waals surface area contributed by atoms with Gasteiger partial charge in [0.05, 0.1) is 6.61 Å². The van der Waals surface area contributed by atoms with Crippen LogP contribution >= 0.6 is 0 Å². The van der Waals surface area contributed by atoms with Gasteiger partial charge in [-0.15, -0.1) is 0 Å². The molecule has 0 fully saturated rings. The van der Waals surface area contributed by atoms with Crippen LogP contribution in [0, 0.1) is 12.8 Å². The van der Waals surface area contributed by atoms with Crippen molar-refractivity contribution in [1.82, 2.24) is 0 Å². The third-order valence-corrected chi connectivity index (χ3v) is 3.13. The van der Waals surface area contributed by atoms with Crippen LogP contribution in [-0.2, 0) is 0 Å². The third-order valence-electron chi connectivity index (χ3n) is 3.13. The monoisotopic (exact) mass is 206 g/mol. The summed E-state index contributed by atoms with van der Waals surface area (Å²) in [6.45, 7) is 6.77. The molecule has 15 heavy (non-hydrogen) atoms. The Morgan fingerprint density at radius 2 is 1.80 bits per heavy atom. The molecule has 0 heterocycles. The van der Waals surface area contributed by atoms with Crippen LogP contribution in [-0.4, -0.2) is 11.7 Å². The van der Waals surface area contributed by atoms with Crippen molar-refractivity contribution in [3.8, 4) is 0 Å². The number of aryl methyl sites for hydroxylation is 1. The fraction of sp³-hybridized carbons (Fsp3) is 0.571. The van der Waals surface area contributed by atoms with E-state index in [4.69, 9.17) is 0 Å². The summed E-state index contributed by atoms with van der Waals surface area (Å²) in [6.07, 6.45) is 2.36. The molecule has 0 spiro atoms. The molecule has 1 nitrogen and oxygen atoms in total. The minimum Gasteiger partial charge on any atom is -0.396 e. The van der Waals surface area contributed by atoms with Gasteiger partial charge in [0.25, 0.3) is 0 Å². The van der Waals surface area contributed by atoms with Crippen molar-refractivity contribution < 1.29 is 5.11 Å². The summed E-state index contributed by atoms with van der Waals surface area (Å²) in [5.74, 6) is 0.855. The highest BCUT2D eigenvalue weighted by Crippen LogP contribution is 2.27. The molecule has 0 saturated carbocycles. The van der Waals surface area contributed by atoms with Gasteiger partial charge >= 0.3 is 0 Å². The smallest absolute Gasteiger partial charge is 0.0502 e. The van der Waals surface area contributed by atoms with Crippen molar-refractivity contribution in [3.63, 3.8) is 0 Å². The highest BCUT2D eigenvalue weighted by atomic mass is 16.3. The highest BCUT2D eigenvalue weighted by Gasteiger charge is 2.17. The van der Waals surface area contributed by atoms with Gasteiger partial charge in [-0.05, 0) is 18.4 Å². The molecule has 0 bridgehead atoms. The standard InChI is InChI=1S/C14H22O/c1-4-5-12(3)14(10-15)13-8-6-11(2)7-9-13/h6-9,12,14-15H,4-5,10H2,1-3H3. The average Bonchev–Trinajstić information content (AvgIpc) is 2.22. The Bertz CT molecular complexity index is 276. The quantitative estimate of drug-likeness (QED) is 0.781. The topological polar surface area (TPSA) is 20.2 Å². The molecule has 84 valence electrons. The second-order valence-corrected chi connectivity index (χ2v) is 4.47. The van der Waals surface area contributed by atoms with E-state index in [0.29, 0.717) is 11.8 Å². The van der Waals surface area contributed by atoms with Crippen LogP contribution in [0.1, 0.15) is 43.7 Å². The SMILES string of the molecule is CCCC(C)C(CO)c1ccc(C)cc1. The Morgan fingerprint density at radius 1 is 1.20 bits per heavy atom. The zero-order valence-corrected chi connectivity index (χ0v) is 10.0. The predicted octanol–water partition coefficient (Wildman–Crippen LogP) is 3.51. The number of benzene rings is 1. The Morgan fingerprint density at radius 3 is 2.27 bits per heavy atom. The lowest BCUT2D eigenvalue weighted by Gasteiger charge is -2.22. The molecule has 0 aliphatic heterocycles. The molecule has 0 radical (unpaired) electrons. The molecular formula is C14H22O. The molecule has 1 aromatic rings. The van der Waals surface area contributed by atoms with E-state index in [2.05, 4.69) is 45.0 Å². The van der Waals surface area contributed by atoms with E-state index in [1.807, 2.05) is 0 Å². The first kappa shape index (κ1) is 12.3. The first-order valence-corrected chi connectivity index (χ1v) is 5.86. The Kier molecular flexibility index (Phi) is 4.83. The maximum Gasteiger partial charge on any atom is 0.0502 e. The van der Waals surface area contributed by atoms with Crippen molar-refractivity contribution in [3.05, 3.63) is 35.4 Å². The Labute approximate surface area is 93.1 Å². The van der Waals surface area contributed by atoms with Crippen molar-refractivity contribution in [2.45, 2.75) is 39.5 Å². The van der Waals surface area contributed by atoms with Gasteiger partial charge in [0.1, 0.15) is 0 Å². The molecule has 0 aromatic heterocycles. The molecule has 2 unspecified atom stereocenters. The van der Waals surface area contributed by atoms with Crippen LogP contribution < -0.4 is 0 Å². The zero-order chi connectivity index (χ0) is 11.3. The number of aliphatic hydroxyl groups excluding tert-OH is 1. The van der Waals surface area contributed by atoms with Gasteiger partial charge in [-0.1, -0.05) is 56.5 Å². The van der Waals surface area contributed by atoms with Gasteiger partial charge in [-0.3, -0.25) is 0 Å². The molecule has 1 aromatic carbocycles. The molecule has 1 heteroatoms. The number of rotatable bonds is 5. The van der Waals surface area contributed by atoms with Crippen LogP contribution in [0.2, 0.25) is 0 Å². The number of aliphatic hydroxyl groups is 1. The van der Waals surface area contributed by atoms with Gasteiger partial charge in [0.15, 0.2) is 0 Å². The largest absolute Gasteiger partial charge is 0.396 e. The normalized spacial score (nSPS) is 14.9. The lowest BCUT2D eigenvalue weighted by Crippen LogP contribution is -2.13. The molecule has 0 amide bonds. The van der Waals surface area contributed by atoms with Gasteiger partial charge in [0, 0.05) is 5.92 Å². The van der Waals surface area contributed by atoms with Crippen molar-refractivity contribution in [2.75, 3.05) is 6.61 Å². The van der Waals surface area contributed by atoms with E-state index in [-0.39, 0.29) is 6.61 Å². The van der Waals surface area contributed by atoms with E-state index in [9.17, 15) is 5.11 Å². The van der Waals surface area contributed by atoms with Crippen LogP contribution in [0.5, 0.6) is 0 Å². The van der Waals surface area contributed by atoms with Crippen molar-refractivity contribution in [2.24, 2.45) is 5.92 Å². The van der Waals surface area contributed by atoms with Crippen molar-refractivity contribution >= 4 is 0 Å². The highest BCUT2D eigenvalue weighted by molar-refractivity contribution is 5.25. The predicted molar refractivity (Wildman–Crippen MR) is 65.1 cm³/mol. The second-order valence-electron chi connectivity index (χ2n) is 4.47. The first-order chi connectivity index (χ1) is 7.19. The first-order valence-electron chi connectivity index (χ1n) is 5.86. The van der Waals surface area contributed by atoms with Crippen LogP contribution in [0.4, 0.5) is 0 Å². The summed E-state index contributed by atoms with van der Waals surface area (Å²) in [6, 6.07) is 8.53. The summed E-state index contributed by atoms with van der Waals surface area (Å²) < 4.78 is 0. The maximum atomic E-state index is 9.45. The fourth-order valence-electron chi connectivity index (χ4n) is 2.08. The summed E-state index contributed by atoms with van der Waals surface area (Å²) in [5.41, 5.74) is 2.54. The van der Waals surface area contributed by atoms with Crippen LogP contribution in [0.25, 0.3) is 0 Å². The van der Waals surface area contributed by atoms with Crippen LogP contribution in [0.15, 0.2) is 24.3 Å². The summed E-state index contributed by atoms with van der Waals surface area (Å²) in [4.78, 5) is 0. The average molecular weight is 206 g/mol. The summed E-state index contributed by atoms with van der Waals surface area (Å²) >= 11 is 0. The van der Waals surface area contributed by atoms with Gasteiger partial charge < -0.3 is 5.11 Å². The molecule has 0 saturated heterocycles. The maximum absolute atomic E-state index is 9.45.